The molecule has 6 rings (SSSR count). The largest absolute Gasteiger partial charge is 0.542 e. The van der Waals surface area contributed by atoms with Crippen LogP contribution in [0.1, 0.15) is 80.1 Å². The number of aliphatic carboxylic acids is 1. The summed E-state index contributed by atoms with van der Waals surface area (Å²) in [7, 11) is -3.65. The molecule has 4 heterocycles. The van der Waals surface area contributed by atoms with Crippen molar-refractivity contribution in [3.63, 3.8) is 0 Å². The van der Waals surface area contributed by atoms with Crippen LogP contribution in [0, 0.1) is 23.5 Å². The van der Waals surface area contributed by atoms with Gasteiger partial charge in [0.2, 0.25) is 5.91 Å². The first-order valence-electron chi connectivity index (χ1n) is 22.0. The van der Waals surface area contributed by atoms with E-state index in [9.17, 15) is 18.4 Å². The van der Waals surface area contributed by atoms with Crippen LogP contribution in [0.4, 0.5) is 31.8 Å². The molecule has 2 saturated heterocycles. The quantitative estimate of drug-likeness (QED) is 0.124. The van der Waals surface area contributed by atoms with E-state index in [4.69, 9.17) is 19.7 Å². The number of carbonyl (C=O) groups is 2. The van der Waals surface area contributed by atoms with E-state index in [1.807, 2.05) is 24.3 Å². The molecule has 11 nitrogen and oxygen atoms in total. The second-order valence-electron chi connectivity index (χ2n) is 19.7. The van der Waals surface area contributed by atoms with E-state index in [0.29, 0.717) is 24.0 Å². The van der Waals surface area contributed by atoms with E-state index < -0.39 is 22.6 Å². The van der Waals surface area contributed by atoms with Gasteiger partial charge in [0.1, 0.15) is 34.8 Å². The van der Waals surface area contributed by atoms with Gasteiger partial charge in [-0.25, -0.2) is 18.7 Å². The molecule has 1 amide bonds. The number of halogens is 2. The van der Waals surface area contributed by atoms with Crippen LogP contribution in [0.15, 0.2) is 85.2 Å². The molecule has 0 unspecified atom stereocenters. The summed E-state index contributed by atoms with van der Waals surface area (Å²) in [5.41, 5.74) is 7.57. The van der Waals surface area contributed by atoms with E-state index >= 15 is 0 Å². The number of rotatable bonds is 11. The highest BCUT2D eigenvalue weighted by molar-refractivity contribution is 6.75. The van der Waals surface area contributed by atoms with Crippen molar-refractivity contribution in [3.8, 4) is 11.5 Å². The standard InChI is InChI=1S/C24H34FN3O2Si.C13H16FNO2.C11H20N2OSi/c1-24(2,3)31(4,5)30-21-10-11-22(26-17-21)27-23(29)16-18-12-14-28(15-13-18)20-8-6-19(25)7-9-20;14-11-1-3-12(4-2-11)15-7-5-10(6-8-15)9-13(16)17;1-11(2,3)15(4,5)14-9-6-7-10(12)13-8-9/h6-11,17-18H,12-16H2,1-5H3,(H,26,27,29);1-4,10H,5-9H2,(H,16,17);6-8H,1-5H3,(H2,12,13). The van der Waals surface area contributed by atoms with Gasteiger partial charge in [-0.1, -0.05) is 41.5 Å². The summed E-state index contributed by atoms with van der Waals surface area (Å²) in [4.78, 5) is 35.9. The lowest BCUT2D eigenvalue weighted by Crippen LogP contribution is -2.43. The predicted octanol–water partition coefficient (Wildman–Crippen LogP) is 11.4. The number of pyridine rings is 2. The lowest BCUT2D eigenvalue weighted by atomic mass is 9.93. The van der Waals surface area contributed by atoms with Crippen molar-refractivity contribution in [2.75, 3.05) is 47.0 Å². The SMILES string of the molecule is CC(C)(C)[Si](C)(C)Oc1ccc(N)nc1.CC(C)(C)[Si](C)(C)Oc1ccc(NC(=O)CC2CCN(c3ccc(F)cc3)CC2)nc1.O=C(O)CC1CCN(c2ccc(F)cc2)CC1. The Morgan fingerprint density at radius 1 is 0.667 bits per heavy atom. The van der Waals surface area contributed by atoms with Crippen molar-refractivity contribution in [1.29, 1.82) is 0 Å². The second-order valence-corrected chi connectivity index (χ2v) is 29.1. The molecule has 0 aliphatic carbocycles. The average Bonchev–Trinajstić information content (AvgIpc) is 3.20. The Hall–Kier alpha value is -5.03. The maximum absolute atomic E-state index is 13.1. The Balaban J connectivity index is 0.000000229. The smallest absolute Gasteiger partial charge is 0.303 e. The summed E-state index contributed by atoms with van der Waals surface area (Å²) in [5, 5.41) is 12.0. The first-order chi connectivity index (χ1) is 29.4. The summed E-state index contributed by atoms with van der Waals surface area (Å²) in [6.45, 7) is 25.5. The van der Waals surface area contributed by atoms with Crippen LogP contribution < -0.4 is 29.7 Å². The molecule has 2 aliphatic rings. The van der Waals surface area contributed by atoms with Crippen LogP contribution in [-0.2, 0) is 9.59 Å². The fraction of sp³-hybridized carbons (Fsp3) is 0.500. The third kappa shape index (κ3) is 16.2. The highest BCUT2D eigenvalue weighted by Crippen LogP contribution is 2.38. The molecular weight excluding hydrogens is 835 g/mol. The Labute approximate surface area is 376 Å². The van der Waals surface area contributed by atoms with Crippen molar-refractivity contribution in [2.24, 2.45) is 11.8 Å². The van der Waals surface area contributed by atoms with Crippen LogP contribution in [-0.4, -0.2) is 69.8 Å². The number of aromatic nitrogens is 2. The Bertz CT molecular complexity index is 2030. The van der Waals surface area contributed by atoms with Gasteiger partial charge in [0.15, 0.2) is 0 Å². The zero-order chi connectivity index (χ0) is 46.6. The zero-order valence-electron chi connectivity index (χ0n) is 39.0. The molecular formula is C48H70F2N6O5Si2. The number of nitrogen functional groups attached to an aromatic ring is 1. The lowest BCUT2D eigenvalue weighted by molar-refractivity contribution is -0.138. The second kappa shape index (κ2) is 22.1. The maximum atomic E-state index is 13.1. The van der Waals surface area contributed by atoms with Crippen molar-refractivity contribution < 1.29 is 32.3 Å². The van der Waals surface area contributed by atoms with Crippen molar-refractivity contribution in [2.45, 2.75) is 116 Å². The van der Waals surface area contributed by atoms with Gasteiger partial charge in [-0.15, -0.1) is 0 Å². The highest BCUT2D eigenvalue weighted by atomic mass is 28.4. The van der Waals surface area contributed by atoms with E-state index in [1.165, 1.54) is 24.3 Å². The maximum Gasteiger partial charge on any atom is 0.303 e. The van der Waals surface area contributed by atoms with Gasteiger partial charge in [0.25, 0.3) is 16.6 Å². The Morgan fingerprint density at radius 2 is 1.06 bits per heavy atom. The molecule has 15 heteroatoms. The van der Waals surface area contributed by atoms with Gasteiger partial charge in [-0.05, 0) is 147 Å². The minimum Gasteiger partial charge on any atom is -0.542 e. The molecule has 2 aromatic carbocycles. The molecule has 0 bridgehead atoms. The monoisotopic (exact) mass is 904 g/mol. The van der Waals surface area contributed by atoms with E-state index in [-0.39, 0.29) is 40.0 Å². The number of carbonyl (C=O) groups excluding carboxylic acids is 1. The first kappa shape index (κ1) is 50.6. The van der Waals surface area contributed by atoms with Crippen LogP contribution >= 0.6 is 0 Å². The normalized spacial score (nSPS) is 15.3. The summed E-state index contributed by atoms with van der Waals surface area (Å²) >= 11 is 0. The molecule has 0 spiro atoms. The van der Waals surface area contributed by atoms with Crippen LogP contribution in [0.5, 0.6) is 11.5 Å². The molecule has 2 aliphatic heterocycles. The van der Waals surface area contributed by atoms with Gasteiger partial charge < -0.3 is 34.8 Å². The minimum absolute atomic E-state index is 0.00852. The number of anilines is 4. The number of nitrogens with one attached hydrogen (secondary N) is 1. The molecule has 0 saturated carbocycles. The van der Waals surface area contributed by atoms with Gasteiger partial charge in [-0.2, -0.15) is 0 Å². The summed E-state index contributed by atoms with van der Waals surface area (Å²) in [6.07, 6.45) is 7.80. The molecule has 344 valence electrons. The van der Waals surface area contributed by atoms with E-state index in [1.54, 1.807) is 36.7 Å². The van der Waals surface area contributed by atoms with Gasteiger partial charge in [0.05, 0.1) is 12.4 Å². The van der Waals surface area contributed by atoms with Crippen LogP contribution in [0.2, 0.25) is 36.3 Å². The average molecular weight is 905 g/mol. The zero-order valence-corrected chi connectivity index (χ0v) is 41.0. The number of nitrogens with two attached hydrogens (primary N) is 1. The number of hydrogen-bond acceptors (Lipinski definition) is 9. The van der Waals surface area contributed by atoms with Gasteiger partial charge in [0, 0.05) is 50.4 Å². The number of nitrogens with zero attached hydrogens (tertiary/aromatic N) is 4. The Kier molecular flexibility index (Phi) is 17.7. The van der Waals surface area contributed by atoms with E-state index in [0.717, 1.165) is 74.7 Å². The molecule has 0 atom stereocenters. The number of carboxylic acids is 1. The van der Waals surface area contributed by atoms with Gasteiger partial charge >= 0.3 is 5.97 Å². The molecule has 2 aromatic heterocycles. The van der Waals surface area contributed by atoms with Crippen LogP contribution in [0.25, 0.3) is 0 Å². The summed E-state index contributed by atoms with van der Waals surface area (Å²) < 4.78 is 38.2. The first-order valence-corrected chi connectivity index (χ1v) is 27.8. The topological polar surface area (TPSA) is 143 Å². The molecule has 4 aromatic rings. The minimum atomic E-state index is -1.91. The predicted molar refractivity (Wildman–Crippen MR) is 257 cm³/mol. The highest BCUT2D eigenvalue weighted by Gasteiger charge is 2.40. The lowest BCUT2D eigenvalue weighted by Gasteiger charge is -2.36. The fourth-order valence-electron chi connectivity index (χ4n) is 6.66. The van der Waals surface area contributed by atoms with Crippen molar-refractivity contribution in [1.82, 2.24) is 9.97 Å². The van der Waals surface area contributed by atoms with Crippen molar-refractivity contribution >= 4 is 51.5 Å². The number of piperidine rings is 2. The van der Waals surface area contributed by atoms with E-state index in [2.05, 4.69) is 92.8 Å². The van der Waals surface area contributed by atoms with Crippen molar-refractivity contribution in [3.05, 3.63) is 96.8 Å². The van der Waals surface area contributed by atoms with Crippen LogP contribution in [0.3, 0.4) is 0 Å². The third-order valence-electron chi connectivity index (χ3n) is 12.7. The number of benzene rings is 2. The third-order valence-corrected chi connectivity index (χ3v) is 21.4. The van der Waals surface area contributed by atoms with Gasteiger partial charge in [-0.3, -0.25) is 9.59 Å². The fourth-order valence-corrected chi connectivity index (χ4v) is 8.69. The molecule has 4 N–H and O–H groups in total. The summed E-state index contributed by atoms with van der Waals surface area (Å²) in [5.74, 6) is 2.10. The molecule has 63 heavy (non-hydrogen) atoms. The Morgan fingerprint density at radius 3 is 1.41 bits per heavy atom. The molecule has 0 radical (unpaired) electrons. The molecule has 2 fully saturated rings. The number of amides is 1. The number of carboxylic acid groups (broad SMARTS) is 1. The number of hydrogen-bond donors (Lipinski definition) is 3. The summed E-state index contributed by atoms with van der Waals surface area (Å²) in [6, 6.07) is 20.4.